The minimum Gasteiger partial charge on any atom is -0.354 e. The molecule has 1 rings (SSSR count). The van der Waals surface area contributed by atoms with Crippen LogP contribution in [0.1, 0.15) is 25.7 Å². The van der Waals surface area contributed by atoms with E-state index in [1.54, 1.807) is 0 Å². The fraction of sp³-hybridized carbons (Fsp3) is 0.667. The van der Waals surface area contributed by atoms with E-state index >= 15 is 0 Å². The summed E-state index contributed by atoms with van der Waals surface area (Å²) >= 11 is 0. The molecule has 0 radical (unpaired) electrons. The number of carbonyl (C=O) groups excluding carboxylic acids is 4. The summed E-state index contributed by atoms with van der Waals surface area (Å²) in [6.45, 7) is 1.22. The highest BCUT2D eigenvalue weighted by atomic mass is 16.2. The van der Waals surface area contributed by atoms with Crippen LogP contribution in [-0.4, -0.2) is 49.8 Å². The monoisotopic (exact) mass is 284 g/mol. The topological polar surface area (TPSA) is 116 Å². The van der Waals surface area contributed by atoms with Crippen molar-refractivity contribution in [3.05, 3.63) is 0 Å². The number of amides is 4. The lowest BCUT2D eigenvalue weighted by molar-refractivity contribution is -0.127. The second kappa shape index (κ2) is 8.89. The van der Waals surface area contributed by atoms with Crippen LogP contribution in [0.3, 0.4) is 0 Å². The predicted octanol–water partition coefficient (Wildman–Crippen LogP) is -1.97. The van der Waals surface area contributed by atoms with E-state index < -0.39 is 0 Å². The molecule has 0 atom stereocenters. The molecule has 4 amide bonds. The minimum atomic E-state index is -0.227. The van der Waals surface area contributed by atoms with Gasteiger partial charge in [0.05, 0.1) is 0 Å². The van der Waals surface area contributed by atoms with E-state index in [-0.39, 0.29) is 49.3 Å². The van der Waals surface area contributed by atoms with E-state index in [1.165, 1.54) is 0 Å². The molecule has 0 aromatic rings. The van der Waals surface area contributed by atoms with E-state index in [2.05, 4.69) is 21.3 Å². The quantitative estimate of drug-likeness (QED) is 0.412. The third-order valence-corrected chi connectivity index (χ3v) is 2.70. The molecule has 0 aliphatic carbocycles. The summed E-state index contributed by atoms with van der Waals surface area (Å²) in [5.74, 6) is -0.908. The SMILES string of the molecule is O=C1CCC(=O)NCCNC(=O)CCC(=O)NCCN1. The molecule has 0 spiro atoms. The molecule has 0 unspecified atom stereocenters. The van der Waals surface area contributed by atoms with E-state index in [0.717, 1.165) is 0 Å². The minimum absolute atomic E-state index is 0.103. The number of hydrogen-bond donors (Lipinski definition) is 4. The molecule has 0 bridgehead atoms. The van der Waals surface area contributed by atoms with Gasteiger partial charge in [-0.3, -0.25) is 19.2 Å². The molecular formula is C12H20N4O4. The lowest BCUT2D eigenvalue weighted by Crippen LogP contribution is -2.38. The molecule has 0 aromatic heterocycles. The number of nitrogens with one attached hydrogen (secondary N) is 4. The van der Waals surface area contributed by atoms with Gasteiger partial charge in [0.25, 0.3) is 0 Å². The van der Waals surface area contributed by atoms with E-state index in [0.29, 0.717) is 26.2 Å². The summed E-state index contributed by atoms with van der Waals surface area (Å²) in [6.07, 6.45) is 0.413. The summed E-state index contributed by atoms with van der Waals surface area (Å²) in [6, 6.07) is 0. The van der Waals surface area contributed by atoms with Gasteiger partial charge in [-0.2, -0.15) is 0 Å². The lowest BCUT2D eigenvalue weighted by Gasteiger charge is -2.10. The number of hydrogen-bond acceptors (Lipinski definition) is 4. The first-order valence-electron chi connectivity index (χ1n) is 6.64. The Hall–Kier alpha value is -2.12. The fourth-order valence-corrected chi connectivity index (χ4v) is 1.62. The molecule has 112 valence electrons. The van der Waals surface area contributed by atoms with E-state index in [4.69, 9.17) is 0 Å². The average Bonchev–Trinajstić information content (AvgIpc) is 2.42. The van der Waals surface area contributed by atoms with Crippen LogP contribution < -0.4 is 21.3 Å². The van der Waals surface area contributed by atoms with Crippen molar-refractivity contribution in [3.8, 4) is 0 Å². The summed E-state index contributed by atoms with van der Waals surface area (Å²) in [7, 11) is 0. The molecule has 20 heavy (non-hydrogen) atoms. The van der Waals surface area contributed by atoms with Crippen LogP contribution in [0.4, 0.5) is 0 Å². The Morgan fingerprint density at radius 2 is 0.650 bits per heavy atom. The second-order valence-corrected chi connectivity index (χ2v) is 4.40. The Morgan fingerprint density at radius 3 is 0.850 bits per heavy atom. The predicted molar refractivity (Wildman–Crippen MR) is 70.5 cm³/mol. The fourth-order valence-electron chi connectivity index (χ4n) is 1.62. The van der Waals surface area contributed by atoms with Crippen molar-refractivity contribution < 1.29 is 19.2 Å². The van der Waals surface area contributed by atoms with Gasteiger partial charge in [0.15, 0.2) is 0 Å². The maximum atomic E-state index is 11.4. The lowest BCUT2D eigenvalue weighted by atomic mass is 10.2. The standard InChI is InChI=1S/C12H20N4O4/c17-9-1-2-10(18)14-7-8-16-12(20)4-3-11(19)15-6-5-13-9/h1-8H2,(H,13,17)(H,14,18)(H,15,19)(H,16,20). The molecular weight excluding hydrogens is 264 g/mol. The average molecular weight is 284 g/mol. The van der Waals surface area contributed by atoms with Crippen molar-refractivity contribution in [2.24, 2.45) is 0 Å². The second-order valence-electron chi connectivity index (χ2n) is 4.40. The van der Waals surface area contributed by atoms with Crippen LogP contribution in [-0.2, 0) is 19.2 Å². The smallest absolute Gasteiger partial charge is 0.220 e. The third-order valence-electron chi connectivity index (χ3n) is 2.70. The molecule has 8 nitrogen and oxygen atoms in total. The van der Waals surface area contributed by atoms with Crippen molar-refractivity contribution in [2.75, 3.05) is 26.2 Å². The largest absolute Gasteiger partial charge is 0.354 e. The third kappa shape index (κ3) is 7.34. The van der Waals surface area contributed by atoms with Crippen molar-refractivity contribution >= 4 is 23.6 Å². The van der Waals surface area contributed by atoms with Gasteiger partial charge >= 0.3 is 0 Å². The van der Waals surface area contributed by atoms with Crippen LogP contribution in [0.2, 0.25) is 0 Å². The Bertz CT molecular complexity index is 312. The first-order valence-corrected chi connectivity index (χ1v) is 6.64. The highest BCUT2D eigenvalue weighted by Crippen LogP contribution is 1.91. The number of rotatable bonds is 0. The molecule has 1 aliphatic rings. The van der Waals surface area contributed by atoms with Gasteiger partial charge in [0, 0.05) is 51.9 Å². The zero-order valence-electron chi connectivity index (χ0n) is 11.3. The molecule has 1 fully saturated rings. The first-order chi connectivity index (χ1) is 9.58. The van der Waals surface area contributed by atoms with Crippen molar-refractivity contribution in [3.63, 3.8) is 0 Å². The van der Waals surface area contributed by atoms with Gasteiger partial charge in [-0.1, -0.05) is 0 Å². The molecule has 1 aliphatic heterocycles. The van der Waals surface area contributed by atoms with E-state index in [1.807, 2.05) is 0 Å². The zero-order valence-corrected chi connectivity index (χ0v) is 11.3. The van der Waals surface area contributed by atoms with Gasteiger partial charge < -0.3 is 21.3 Å². The summed E-state index contributed by atoms with van der Waals surface area (Å²) in [5, 5.41) is 10.4. The van der Waals surface area contributed by atoms with Gasteiger partial charge in [0.2, 0.25) is 23.6 Å². The Morgan fingerprint density at radius 1 is 0.450 bits per heavy atom. The van der Waals surface area contributed by atoms with Gasteiger partial charge in [0.1, 0.15) is 0 Å². The van der Waals surface area contributed by atoms with Gasteiger partial charge in [-0.15, -0.1) is 0 Å². The summed E-state index contributed by atoms with van der Waals surface area (Å²) < 4.78 is 0. The maximum Gasteiger partial charge on any atom is 0.220 e. The normalized spacial score (nSPS) is 20.4. The zero-order chi connectivity index (χ0) is 14.8. The molecule has 1 heterocycles. The molecule has 1 saturated heterocycles. The molecule has 0 saturated carbocycles. The van der Waals surface area contributed by atoms with Crippen molar-refractivity contribution in [1.29, 1.82) is 0 Å². The summed E-state index contributed by atoms with van der Waals surface area (Å²) in [4.78, 5) is 45.5. The first kappa shape index (κ1) is 15.9. The molecule has 8 heteroatoms. The molecule has 0 aromatic carbocycles. The van der Waals surface area contributed by atoms with Crippen LogP contribution in [0.15, 0.2) is 0 Å². The van der Waals surface area contributed by atoms with Crippen molar-refractivity contribution in [1.82, 2.24) is 21.3 Å². The highest BCUT2D eigenvalue weighted by molar-refractivity contribution is 5.85. The Balaban J connectivity index is 2.41. The van der Waals surface area contributed by atoms with Crippen LogP contribution in [0.5, 0.6) is 0 Å². The van der Waals surface area contributed by atoms with Gasteiger partial charge in [-0.05, 0) is 0 Å². The maximum absolute atomic E-state index is 11.4. The Labute approximate surface area is 117 Å². The van der Waals surface area contributed by atoms with Crippen LogP contribution >= 0.6 is 0 Å². The van der Waals surface area contributed by atoms with Crippen LogP contribution in [0, 0.1) is 0 Å². The van der Waals surface area contributed by atoms with Crippen LogP contribution in [0.25, 0.3) is 0 Å². The van der Waals surface area contributed by atoms with Gasteiger partial charge in [-0.25, -0.2) is 0 Å². The number of carbonyl (C=O) groups is 4. The highest BCUT2D eigenvalue weighted by Gasteiger charge is 2.09. The Kier molecular flexibility index (Phi) is 7.08. The van der Waals surface area contributed by atoms with Crippen molar-refractivity contribution in [2.45, 2.75) is 25.7 Å². The molecule has 4 N–H and O–H groups in total. The summed E-state index contributed by atoms with van der Waals surface area (Å²) in [5.41, 5.74) is 0. The van der Waals surface area contributed by atoms with E-state index in [9.17, 15) is 19.2 Å².